The first kappa shape index (κ1) is 12.8. The Morgan fingerprint density at radius 3 is 2.75 bits per heavy atom. The number of alkyl halides is 2. The zero-order chi connectivity index (χ0) is 12.3. The van der Waals surface area contributed by atoms with Crippen molar-refractivity contribution in [3.05, 3.63) is 26.6 Å². The highest BCUT2D eigenvalue weighted by atomic mass is 127. The average Bonchev–Trinajstić information content (AvgIpc) is 2.14. The van der Waals surface area contributed by atoms with Gasteiger partial charge in [0.1, 0.15) is 3.70 Å². The van der Waals surface area contributed by atoms with Gasteiger partial charge < -0.3 is 5.11 Å². The number of aliphatic carboxylic acids is 1. The van der Waals surface area contributed by atoms with Gasteiger partial charge >= 0.3 is 5.97 Å². The second-order valence-corrected chi connectivity index (χ2v) is 3.94. The van der Waals surface area contributed by atoms with Gasteiger partial charge in [-0.15, -0.1) is 0 Å². The highest BCUT2D eigenvalue weighted by Crippen LogP contribution is 2.27. The molecule has 16 heavy (non-hydrogen) atoms. The van der Waals surface area contributed by atoms with Crippen molar-refractivity contribution in [3.63, 3.8) is 0 Å². The molecule has 0 aliphatic heterocycles. The van der Waals surface area contributed by atoms with E-state index in [2.05, 4.69) is 4.98 Å². The van der Waals surface area contributed by atoms with Crippen LogP contribution in [0, 0.1) is 15.0 Å². The molecule has 0 amide bonds. The first-order valence-electron chi connectivity index (χ1n) is 4.05. The lowest BCUT2D eigenvalue weighted by Gasteiger charge is -2.08. The fourth-order valence-corrected chi connectivity index (χ4v) is 1.79. The van der Waals surface area contributed by atoms with Crippen LogP contribution in [0.3, 0.4) is 0 Å². The predicted octanol–water partition coefficient (Wildman–Crippen LogP) is 2.12. The van der Waals surface area contributed by atoms with Gasteiger partial charge in [0.2, 0.25) is 0 Å². The molecular weight excluding hydrogens is 333 g/mol. The van der Waals surface area contributed by atoms with Crippen molar-refractivity contribution in [2.24, 2.45) is 0 Å². The lowest BCUT2D eigenvalue weighted by molar-refractivity contribution is -0.136. The van der Waals surface area contributed by atoms with Crippen molar-refractivity contribution in [1.29, 1.82) is 5.26 Å². The van der Waals surface area contributed by atoms with Gasteiger partial charge in [-0.2, -0.15) is 5.26 Å². The van der Waals surface area contributed by atoms with E-state index in [1.165, 1.54) is 6.07 Å². The minimum absolute atomic E-state index is 0.231. The van der Waals surface area contributed by atoms with E-state index in [-0.39, 0.29) is 11.3 Å². The molecule has 1 aromatic heterocycles. The number of nitriles is 1. The highest BCUT2D eigenvalue weighted by Gasteiger charge is 2.21. The Bertz CT molecular complexity index is 471. The quantitative estimate of drug-likeness (QED) is 0.677. The third-order valence-corrected chi connectivity index (χ3v) is 2.32. The van der Waals surface area contributed by atoms with Crippen LogP contribution >= 0.6 is 22.6 Å². The van der Waals surface area contributed by atoms with Gasteiger partial charge in [0, 0.05) is 0 Å². The van der Waals surface area contributed by atoms with Gasteiger partial charge in [-0.3, -0.25) is 4.79 Å². The minimum Gasteiger partial charge on any atom is -0.481 e. The molecule has 0 fully saturated rings. The van der Waals surface area contributed by atoms with Gasteiger partial charge in [0.25, 0.3) is 6.43 Å². The van der Waals surface area contributed by atoms with Crippen molar-refractivity contribution in [2.45, 2.75) is 12.8 Å². The Labute approximate surface area is 103 Å². The average molecular weight is 338 g/mol. The number of nitrogens with zero attached hydrogens (tertiary/aromatic N) is 2. The van der Waals surface area contributed by atoms with Gasteiger partial charge in [0.05, 0.1) is 29.3 Å². The molecular formula is C9H5F2IN2O2. The molecule has 1 rings (SSSR count). The number of hydrogen-bond donors (Lipinski definition) is 1. The summed E-state index contributed by atoms with van der Waals surface area (Å²) in [5, 5.41) is 17.2. The number of carboxylic acid groups (broad SMARTS) is 1. The Morgan fingerprint density at radius 1 is 1.69 bits per heavy atom. The molecule has 0 atom stereocenters. The fraction of sp³-hybridized carbons (Fsp3) is 0.222. The van der Waals surface area contributed by atoms with Crippen LogP contribution in [-0.2, 0) is 11.2 Å². The molecule has 0 bridgehead atoms. The SMILES string of the molecule is N#Cc1cc(I)nc(CC(=O)O)c1C(F)F. The summed E-state index contributed by atoms with van der Waals surface area (Å²) < 4.78 is 25.7. The summed E-state index contributed by atoms with van der Waals surface area (Å²) in [5.74, 6) is -1.26. The number of carbonyl (C=O) groups is 1. The van der Waals surface area contributed by atoms with Crippen molar-refractivity contribution >= 4 is 28.6 Å². The van der Waals surface area contributed by atoms with E-state index in [9.17, 15) is 13.6 Å². The maximum atomic E-state index is 12.7. The number of pyridine rings is 1. The van der Waals surface area contributed by atoms with E-state index >= 15 is 0 Å². The van der Waals surface area contributed by atoms with Gasteiger partial charge in [-0.25, -0.2) is 13.8 Å². The minimum atomic E-state index is -2.91. The summed E-state index contributed by atoms with van der Waals surface area (Å²) in [7, 11) is 0. The summed E-state index contributed by atoms with van der Waals surface area (Å²) in [6, 6.07) is 2.82. The largest absolute Gasteiger partial charge is 0.481 e. The van der Waals surface area contributed by atoms with Crippen LogP contribution < -0.4 is 0 Å². The lowest BCUT2D eigenvalue weighted by Crippen LogP contribution is -2.09. The van der Waals surface area contributed by atoms with Crippen LogP contribution in [-0.4, -0.2) is 16.1 Å². The Balaban J connectivity index is 3.39. The monoisotopic (exact) mass is 338 g/mol. The third kappa shape index (κ3) is 2.85. The maximum Gasteiger partial charge on any atom is 0.309 e. The number of carboxylic acids is 1. The highest BCUT2D eigenvalue weighted by molar-refractivity contribution is 14.1. The molecule has 0 aliphatic rings. The number of rotatable bonds is 3. The normalized spacial score (nSPS) is 10.2. The summed E-state index contributed by atoms with van der Waals surface area (Å²) >= 11 is 1.74. The molecule has 84 valence electrons. The van der Waals surface area contributed by atoms with Crippen LogP contribution in [0.5, 0.6) is 0 Å². The van der Waals surface area contributed by atoms with Crippen LogP contribution in [0.4, 0.5) is 8.78 Å². The van der Waals surface area contributed by atoms with Crippen molar-refractivity contribution < 1.29 is 18.7 Å². The van der Waals surface area contributed by atoms with Crippen LogP contribution in [0.25, 0.3) is 0 Å². The van der Waals surface area contributed by atoms with Gasteiger partial charge in [-0.1, -0.05) is 0 Å². The van der Waals surface area contributed by atoms with Crippen LogP contribution in [0.1, 0.15) is 23.2 Å². The molecule has 1 aromatic rings. The second-order valence-electron chi connectivity index (χ2n) is 2.84. The van der Waals surface area contributed by atoms with E-state index in [1.54, 1.807) is 28.7 Å². The second kappa shape index (κ2) is 5.16. The van der Waals surface area contributed by atoms with Crippen LogP contribution in [0.2, 0.25) is 0 Å². The van der Waals surface area contributed by atoms with E-state index in [4.69, 9.17) is 10.4 Å². The van der Waals surface area contributed by atoms with Crippen molar-refractivity contribution in [3.8, 4) is 6.07 Å². The standard InChI is InChI=1S/C9H5F2IN2O2/c10-9(11)8-4(3-13)1-6(12)14-5(8)2-7(15)16/h1,9H,2H2,(H,15,16). The van der Waals surface area contributed by atoms with Gasteiger partial charge in [0.15, 0.2) is 0 Å². The first-order valence-corrected chi connectivity index (χ1v) is 5.13. The van der Waals surface area contributed by atoms with E-state index in [1.807, 2.05) is 0 Å². The molecule has 0 aromatic carbocycles. The predicted molar refractivity (Wildman–Crippen MR) is 58.0 cm³/mol. The molecule has 0 saturated heterocycles. The Morgan fingerprint density at radius 2 is 2.31 bits per heavy atom. The Hall–Kier alpha value is -1.30. The van der Waals surface area contributed by atoms with Crippen molar-refractivity contribution in [1.82, 2.24) is 4.98 Å². The molecule has 0 saturated carbocycles. The molecule has 7 heteroatoms. The van der Waals surface area contributed by atoms with Gasteiger partial charge in [-0.05, 0) is 28.7 Å². The van der Waals surface area contributed by atoms with Crippen LogP contribution in [0.15, 0.2) is 6.07 Å². The Kier molecular flexibility index (Phi) is 4.12. The van der Waals surface area contributed by atoms with E-state index in [0.717, 1.165) is 0 Å². The maximum absolute atomic E-state index is 12.7. The van der Waals surface area contributed by atoms with E-state index < -0.39 is 24.4 Å². The molecule has 0 unspecified atom stereocenters. The molecule has 0 spiro atoms. The molecule has 0 radical (unpaired) electrons. The molecule has 1 N–H and O–H groups in total. The lowest BCUT2D eigenvalue weighted by atomic mass is 10.1. The number of hydrogen-bond acceptors (Lipinski definition) is 3. The summed E-state index contributed by atoms with van der Waals surface area (Å²) in [6.07, 6.45) is -3.53. The number of halogens is 3. The third-order valence-electron chi connectivity index (χ3n) is 1.76. The molecule has 4 nitrogen and oxygen atoms in total. The van der Waals surface area contributed by atoms with Crippen molar-refractivity contribution in [2.75, 3.05) is 0 Å². The summed E-state index contributed by atoms with van der Waals surface area (Å²) in [5.41, 5.74) is -1.08. The smallest absolute Gasteiger partial charge is 0.309 e. The zero-order valence-corrected chi connectivity index (χ0v) is 9.90. The fourth-order valence-electron chi connectivity index (χ4n) is 1.19. The van der Waals surface area contributed by atoms with E-state index in [0.29, 0.717) is 3.70 Å². The molecule has 1 heterocycles. The first-order chi connectivity index (χ1) is 7.45. The topological polar surface area (TPSA) is 74.0 Å². The number of aromatic nitrogens is 1. The summed E-state index contributed by atoms with van der Waals surface area (Å²) in [6.45, 7) is 0. The zero-order valence-electron chi connectivity index (χ0n) is 7.75. The summed E-state index contributed by atoms with van der Waals surface area (Å²) in [4.78, 5) is 14.2. The molecule has 0 aliphatic carbocycles.